The second-order valence-corrected chi connectivity index (χ2v) is 12.2. The van der Waals surface area contributed by atoms with Crippen molar-refractivity contribution in [2.75, 3.05) is 41.3 Å². The summed E-state index contributed by atoms with van der Waals surface area (Å²) in [5.41, 5.74) is 0. The van der Waals surface area contributed by atoms with Gasteiger partial charge in [-0.05, 0) is 78.0 Å². The maximum atomic E-state index is 6.77. The first kappa shape index (κ1) is 28.3. The van der Waals surface area contributed by atoms with Crippen molar-refractivity contribution in [3.63, 3.8) is 0 Å². The molecule has 4 rings (SSSR count). The fourth-order valence-corrected chi connectivity index (χ4v) is 7.13. The molecule has 2 atom stereocenters. The Labute approximate surface area is 229 Å². The van der Waals surface area contributed by atoms with Crippen molar-refractivity contribution in [1.82, 2.24) is 14.5 Å². The van der Waals surface area contributed by atoms with Crippen molar-refractivity contribution < 1.29 is 9.47 Å². The largest absolute Gasteiger partial charge is 0.474 e. The van der Waals surface area contributed by atoms with Gasteiger partial charge in [0.1, 0.15) is 24.0 Å². The van der Waals surface area contributed by atoms with E-state index >= 15 is 0 Å². The second kappa shape index (κ2) is 12.4. The molecular formula is C32H42N3O2P. The number of rotatable bonds is 11. The zero-order valence-electron chi connectivity index (χ0n) is 24.1. The Bertz CT molecular complexity index is 1270. The molecule has 0 saturated heterocycles. The Kier molecular flexibility index (Phi) is 9.27. The van der Waals surface area contributed by atoms with Gasteiger partial charge >= 0.3 is 0 Å². The van der Waals surface area contributed by atoms with Crippen LogP contribution in [0.5, 0.6) is 11.5 Å². The second-order valence-electron chi connectivity index (χ2n) is 10.1. The fraction of sp³-hybridized carbons (Fsp3) is 0.375. The van der Waals surface area contributed by atoms with E-state index in [-0.39, 0.29) is 12.5 Å². The van der Waals surface area contributed by atoms with Crippen LogP contribution in [-0.2, 0) is 0 Å². The predicted octanol–water partition coefficient (Wildman–Crippen LogP) is 6.26. The summed E-state index contributed by atoms with van der Waals surface area (Å²) in [5.74, 6) is 1.92. The average Bonchev–Trinajstić information content (AvgIpc) is 2.92. The molecule has 0 aliphatic heterocycles. The summed E-state index contributed by atoms with van der Waals surface area (Å²) in [6.45, 7) is 10.5. The third-order valence-corrected chi connectivity index (χ3v) is 9.97. The molecule has 5 nitrogen and oxygen atoms in total. The lowest BCUT2D eigenvalue weighted by atomic mass is 10.1. The highest BCUT2D eigenvalue weighted by Gasteiger charge is 2.30. The van der Waals surface area contributed by atoms with Crippen LogP contribution in [-0.4, -0.2) is 68.2 Å². The van der Waals surface area contributed by atoms with E-state index in [0.29, 0.717) is 0 Å². The molecule has 0 bridgehead atoms. The zero-order chi connectivity index (χ0) is 27.4. The lowest BCUT2D eigenvalue weighted by Crippen LogP contribution is -2.35. The summed E-state index contributed by atoms with van der Waals surface area (Å²) in [7, 11) is 7.27. The number of ether oxygens (including phenoxy) is 2. The molecule has 38 heavy (non-hydrogen) atoms. The Morgan fingerprint density at radius 1 is 0.605 bits per heavy atom. The van der Waals surface area contributed by atoms with E-state index in [4.69, 9.17) is 9.47 Å². The van der Waals surface area contributed by atoms with Gasteiger partial charge in [-0.2, -0.15) is 0 Å². The molecule has 0 saturated carbocycles. The lowest BCUT2D eigenvalue weighted by Gasteiger charge is -2.35. The topological polar surface area (TPSA) is 28.2 Å². The summed E-state index contributed by atoms with van der Waals surface area (Å²) in [4.78, 5) is 4.21. The SMILES string of the molecule is CCN(CC)P(c1ccc2ccccc2c1OC(C)N(C)C)c1ccc2ccccc2c1OC(C)N(C)C. The summed E-state index contributed by atoms with van der Waals surface area (Å²) in [6, 6.07) is 26.1. The van der Waals surface area contributed by atoms with Gasteiger partial charge in [0.05, 0.1) is 0 Å². The Balaban J connectivity index is 2.02. The number of fused-ring (bicyclic) bond motifs is 2. The molecule has 0 heterocycles. The van der Waals surface area contributed by atoms with Crippen molar-refractivity contribution in [3.8, 4) is 11.5 Å². The maximum Gasteiger partial charge on any atom is 0.149 e. The van der Waals surface area contributed by atoms with Crippen LogP contribution in [0.25, 0.3) is 21.5 Å². The van der Waals surface area contributed by atoms with E-state index in [0.717, 1.165) is 35.4 Å². The first-order chi connectivity index (χ1) is 18.3. The van der Waals surface area contributed by atoms with E-state index in [1.165, 1.54) is 21.4 Å². The molecule has 6 heteroatoms. The van der Waals surface area contributed by atoms with E-state index in [1.807, 2.05) is 0 Å². The molecule has 0 aliphatic rings. The van der Waals surface area contributed by atoms with Gasteiger partial charge < -0.3 is 9.47 Å². The average molecular weight is 532 g/mol. The van der Waals surface area contributed by atoms with Crippen molar-refractivity contribution in [1.29, 1.82) is 0 Å². The molecule has 202 valence electrons. The van der Waals surface area contributed by atoms with Crippen LogP contribution in [0.15, 0.2) is 72.8 Å². The van der Waals surface area contributed by atoms with Gasteiger partial charge in [0.25, 0.3) is 0 Å². The van der Waals surface area contributed by atoms with Gasteiger partial charge in [-0.1, -0.05) is 74.5 Å². The molecule has 4 aromatic rings. The van der Waals surface area contributed by atoms with Crippen LogP contribution < -0.4 is 20.1 Å². The molecule has 0 amide bonds. The number of hydrogen-bond donors (Lipinski definition) is 0. The van der Waals surface area contributed by atoms with Crippen molar-refractivity contribution >= 4 is 40.2 Å². The van der Waals surface area contributed by atoms with E-state index < -0.39 is 8.07 Å². The van der Waals surface area contributed by atoms with E-state index in [1.54, 1.807) is 0 Å². The molecule has 0 aromatic heterocycles. The van der Waals surface area contributed by atoms with Gasteiger partial charge in [-0.25, -0.2) is 0 Å². The number of benzene rings is 4. The van der Waals surface area contributed by atoms with Gasteiger partial charge in [-0.3, -0.25) is 14.5 Å². The minimum atomic E-state index is -0.956. The minimum absolute atomic E-state index is 0.0748. The summed E-state index contributed by atoms with van der Waals surface area (Å²) in [5, 5.41) is 7.08. The quantitative estimate of drug-likeness (QED) is 0.168. The molecule has 0 N–H and O–H groups in total. The zero-order valence-corrected chi connectivity index (χ0v) is 25.0. The van der Waals surface area contributed by atoms with Crippen molar-refractivity contribution in [3.05, 3.63) is 72.8 Å². The highest BCUT2D eigenvalue weighted by Crippen LogP contribution is 2.47. The van der Waals surface area contributed by atoms with Crippen LogP contribution in [0, 0.1) is 0 Å². The Hall–Kier alpha value is -2.69. The third kappa shape index (κ3) is 5.82. The van der Waals surface area contributed by atoms with Gasteiger partial charge in [0, 0.05) is 29.5 Å². The van der Waals surface area contributed by atoms with Crippen LogP contribution >= 0.6 is 8.07 Å². The Morgan fingerprint density at radius 3 is 1.37 bits per heavy atom. The smallest absolute Gasteiger partial charge is 0.149 e. The summed E-state index contributed by atoms with van der Waals surface area (Å²) < 4.78 is 16.1. The van der Waals surface area contributed by atoms with E-state index in [9.17, 15) is 0 Å². The molecule has 0 radical (unpaired) electrons. The van der Waals surface area contributed by atoms with Crippen LogP contribution in [0.2, 0.25) is 0 Å². The van der Waals surface area contributed by atoms with Gasteiger partial charge in [-0.15, -0.1) is 0 Å². The number of hydrogen-bond acceptors (Lipinski definition) is 5. The molecule has 2 unspecified atom stereocenters. The van der Waals surface area contributed by atoms with Crippen LogP contribution in [0.3, 0.4) is 0 Å². The highest BCUT2D eigenvalue weighted by atomic mass is 31.1. The number of nitrogens with zero attached hydrogens (tertiary/aromatic N) is 3. The first-order valence-electron chi connectivity index (χ1n) is 13.5. The third-order valence-electron chi connectivity index (χ3n) is 7.22. The normalized spacial score (nSPS) is 14.4. The fourth-order valence-electron chi connectivity index (χ4n) is 4.54. The molecule has 4 aromatic carbocycles. The maximum absolute atomic E-state index is 6.77. The van der Waals surface area contributed by atoms with E-state index in [2.05, 4.69) is 143 Å². The van der Waals surface area contributed by atoms with Crippen LogP contribution in [0.4, 0.5) is 0 Å². The minimum Gasteiger partial charge on any atom is -0.474 e. The standard InChI is InChI=1S/C32H42N3O2P/c1-9-35(10-2)38(29-21-19-25-15-11-13-17-27(25)31(29)36-23(3)33(5)6)30-22-20-26-16-12-14-18-28(26)32(30)37-24(4)34(7)8/h11-24H,9-10H2,1-8H3. The van der Waals surface area contributed by atoms with Gasteiger partial charge in [0.2, 0.25) is 0 Å². The monoisotopic (exact) mass is 531 g/mol. The molecule has 0 fully saturated rings. The van der Waals surface area contributed by atoms with Crippen molar-refractivity contribution in [2.24, 2.45) is 0 Å². The molecular weight excluding hydrogens is 489 g/mol. The Morgan fingerprint density at radius 2 is 1.00 bits per heavy atom. The summed E-state index contributed by atoms with van der Waals surface area (Å²) in [6.07, 6.45) is -0.150. The van der Waals surface area contributed by atoms with Crippen LogP contribution in [0.1, 0.15) is 27.7 Å². The predicted molar refractivity (Wildman–Crippen MR) is 165 cm³/mol. The first-order valence-corrected chi connectivity index (χ1v) is 14.8. The van der Waals surface area contributed by atoms with Crippen molar-refractivity contribution in [2.45, 2.75) is 40.2 Å². The molecule has 0 aliphatic carbocycles. The van der Waals surface area contributed by atoms with Gasteiger partial charge in [0.15, 0.2) is 0 Å². The lowest BCUT2D eigenvalue weighted by molar-refractivity contribution is 0.0839. The highest BCUT2D eigenvalue weighted by molar-refractivity contribution is 7.71. The summed E-state index contributed by atoms with van der Waals surface area (Å²) >= 11 is 0. The molecule has 0 spiro atoms.